The Kier molecular flexibility index (Phi) is 4.53. The molecule has 0 saturated carbocycles. The summed E-state index contributed by atoms with van der Waals surface area (Å²) in [5.74, 6) is -2.33. The summed E-state index contributed by atoms with van der Waals surface area (Å²) in [6.07, 6.45) is -5.16. The monoisotopic (exact) mass is 384 g/mol. The number of ketones is 1. The molecule has 1 aromatic heterocycles. The molecule has 5 nitrogen and oxygen atoms in total. The molecule has 0 bridgehead atoms. The second-order valence-corrected chi connectivity index (χ2v) is 6.40. The quantitative estimate of drug-likeness (QED) is 0.558. The fourth-order valence-electron chi connectivity index (χ4n) is 2.98. The number of Topliss-reactive ketones (excluding diaryl/α,β-unsaturated/α-hetero) is 1. The zero-order chi connectivity index (χ0) is 19.1. The van der Waals surface area contributed by atoms with Crippen LogP contribution in [-0.4, -0.2) is 27.9 Å². The minimum Gasteiger partial charge on any atom is -0.464 e. The van der Waals surface area contributed by atoms with Crippen LogP contribution in [0.5, 0.6) is 0 Å². The van der Waals surface area contributed by atoms with Crippen LogP contribution in [0, 0.1) is 12.8 Å². The van der Waals surface area contributed by atoms with Crippen molar-refractivity contribution in [2.24, 2.45) is 5.92 Å². The molecule has 0 radical (unpaired) electrons. The molecule has 1 aromatic carbocycles. The van der Waals surface area contributed by atoms with Crippen molar-refractivity contribution in [3.05, 3.63) is 59.5 Å². The van der Waals surface area contributed by atoms with Crippen LogP contribution in [0.2, 0.25) is 0 Å². The van der Waals surface area contributed by atoms with Gasteiger partial charge < -0.3 is 20.2 Å². The maximum Gasteiger partial charge on any atom is 0.437 e. The summed E-state index contributed by atoms with van der Waals surface area (Å²) in [6.45, 7) is 1.62. The standard InChI is InChI=1S/C17H15F3N2O3S/c1-9-7-8-11(25-9)13-12(14(23)10-5-3-2-4-6-10)16(24,17(18,19)20)22-15(26)21-13/h2-8,12-13,24H,1H3,(H2,21,22,26)/t12-,13+,16+/m0/s1. The second kappa shape index (κ2) is 6.40. The van der Waals surface area contributed by atoms with Gasteiger partial charge in [-0.2, -0.15) is 13.2 Å². The van der Waals surface area contributed by atoms with Gasteiger partial charge in [0.15, 0.2) is 10.9 Å². The lowest BCUT2D eigenvalue weighted by Crippen LogP contribution is -2.72. The molecule has 1 aliphatic heterocycles. The first kappa shape index (κ1) is 18.4. The largest absolute Gasteiger partial charge is 0.464 e. The number of nitrogens with one attached hydrogen (secondary N) is 2. The molecule has 0 aliphatic carbocycles. The van der Waals surface area contributed by atoms with E-state index in [1.165, 1.54) is 30.3 Å². The Morgan fingerprint density at radius 1 is 1.23 bits per heavy atom. The van der Waals surface area contributed by atoms with Crippen LogP contribution >= 0.6 is 12.2 Å². The van der Waals surface area contributed by atoms with Gasteiger partial charge in [-0.25, -0.2) is 0 Å². The number of aliphatic hydroxyl groups is 1. The smallest absolute Gasteiger partial charge is 0.437 e. The number of halogens is 3. The lowest BCUT2D eigenvalue weighted by molar-refractivity contribution is -0.286. The van der Waals surface area contributed by atoms with Crippen LogP contribution in [0.1, 0.15) is 27.9 Å². The molecule has 3 rings (SSSR count). The van der Waals surface area contributed by atoms with Crippen molar-refractivity contribution in [2.45, 2.75) is 24.9 Å². The molecule has 2 aromatic rings. The molecule has 0 spiro atoms. The molecule has 1 saturated heterocycles. The minimum atomic E-state index is -5.16. The van der Waals surface area contributed by atoms with Gasteiger partial charge in [0.1, 0.15) is 23.5 Å². The summed E-state index contributed by atoms with van der Waals surface area (Å²) in [7, 11) is 0. The fourth-order valence-corrected chi connectivity index (χ4v) is 3.26. The number of hydrogen-bond acceptors (Lipinski definition) is 4. The minimum absolute atomic E-state index is 0.0323. The van der Waals surface area contributed by atoms with Gasteiger partial charge in [0.25, 0.3) is 0 Å². The number of carbonyl (C=O) groups excluding carboxylic acids is 1. The SMILES string of the molecule is Cc1ccc([C@H]2NC(=S)N[C@](O)(C(F)(F)F)[C@@H]2C(=O)c2ccccc2)o1. The van der Waals surface area contributed by atoms with Crippen LogP contribution in [0.15, 0.2) is 46.9 Å². The van der Waals surface area contributed by atoms with Gasteiger partial charge in [-0.1, -0.05) is 30.3 Å². The molecule has 3 atom stereocenters. The lowest BCUT2D eigenvalue weighted by atomic mass is 9.79. The first-order valence-corrected chi connectivity index (χ1v) is 8.07. The first-order chi connectivity index (χ1) is 12.1. The van der Waals surface area contributed by atoms with Crippen LogP contribution in [0.25, 0.3) is 0 Å². The Labute approximate surface area is 152 Å². The fraction of sp³-hybridized carbons (Fsp3) is 0.294. The Morgan fingerprint density at radius 2 is 1.88 bits per heavy atom. The van der Waals surface area contributed by atoms with Crippen LogP contribution < -0.4 is 10.6 Å². The van der Waals surface area contributed by atoms with E-state index in [1.54, 1.807) is 19.1 Å². The van der Waals surface area contributed by atoms with E-state index >= 15 is 0 Å². The highest BCUT2D eigenvalue weighted by molar-refractivity contribution is 7.80. The number of carbonyl (C=O) groups is 1. The number of hydrogen-bond donors (Lipinski definition) is 3. The normalized spacial score (nSPS) is 26.1. The summed E-state index contributed by atoms with van der Waals surface area (Å²) in [6, 6.07) is 9.17. The van der Waals surface area contributed by atoms with Gasteiger partial charge in [0.2, 0.25) is 5.72 Å². The zero-order valence-electron chi connectivity index (χ0n) is 13.5. The average molecular weight is 384 g/mol. The van der Waals surface area contributed by atoms with Crippen molar-refractivity contribution < 1.29 is 27.5 Å². The molecule has 0 unspecified atom stereocenters. The maximum atomic E-state index is 13.7. The summed E-state index contributed by atoms with van der Waals surface area (Å²) < 4.78 is 46.6. The van der Waals surface area contributed by atoms with Crippen molar-refractivity contribution in [3.8, 4) is 0 Å². The topological polar surface area (TPSA) is 74.5 Å². The maximum absolute atomic E-state index is 13.7. The van der Waals surface area contributed by atoms with E-state index in [-0.39, 0.29) is 11.3 Å². The molecule has 2 heterocycles. The van der Waals surface area contributed by atoms with E-state index in [4.69, 9.17) is 16.6 Å². The van der Waals surface area contributed by atoms with Crippen molar-refractivity contribution >= 4 is 23.1 Å². The highest BCUT2D eigenvalue weighted by atomic mass is 32.1. The van der Waals surface area contributed by atoms with Gasteiger partial charge in [-0.15, -0.1) is 0 Å². The van der Waals surface area contributed by atoms with Gasteiger partial charge in [0.05, 0.1) is 0 Å². The Hall–Kier alpha value is -2.39. The third-order valence-corrected chi connectivity index (χ3v) is 4.43. The van der Waals surface area contributed by atoms with Gasteiger partial charge in [-0.3, -0.25) is 4.79 Å². The molecule has 26 heavy (non-hydrogen) atoms. The predicted molar refractivity (Wildman–Crippen MR) is 90.3 cm³/mol. The Balaban J connectivity index is 2.15. The summed E-state index contributed by atoms with van der Waals surface area (Å²) in [5.41, 5.74) is -3.52. The van der Waals surface area contributed by atoms with Crippen LogP contribution in [-0.2, 0) is 0 Å². The molecule has 1 fully saturated rings. The van der Waals surface area contributed by atoms with E-state index in [1.807, 2.05) is 5.32 Å². The number of alkyl halides is 3. The second-order valence-electron chi connectivity index (χ2n) is 6.00. The number of aryl methyl sites for hydroxylation is 1. The van der Waals surface area contributed by atoms with E-state index in [2.05, 4.69) is 5.32 Å². The van der Waals surface area contributed by atoms with E-state index in [0.717, 1.165) is 0 Å². The van der Waals surface area contributed by atoms with Crippen LogP contribution in [0.4, 0.5) is 13.2 Å². The third kappa shape index (κ3) is 3.08. The first-order valence-electron chi connectivity index (χ1n) is 7.67. The average Bonchev–Trinajstić information content (AvgIpc) is 3.00. The summed E-state index contributed by atoms with van der Waals surface area (Å²) in [5, 5.41) is 14.5. The number of thiocarbonyl (C=S) groups is 1. The van der Waals surface area contributed by atoms with Gasteiger partial charge in [-0.05, 0) is 31.3 Å². The molecule has 0 amide bonds. The Bertz CT molecular complexity index is 837. The number of benzene rings is 1. The highest BCUT2D eigenvalue weighted by Crippen LogP contribution is 2.44. The van der Waals surface area contributed by atoms with Gasteiger partial charge >= 0.3 is 6.18 Å². The zero-order valence-corrected chi connectivity index (χ0v) is 14.3. The van der Waals surface area contributed by atoms with Crippen molar-refractivity contribution in [2.75, 3.05) is 0 Å². The van der Waals surface area contributed by atoms with E-state index in [9.17, 15) is 23.1 Å². The predicted octanol–water partition coefficient (Wildman–Crippen LogP) is 2.86. The Morgan fingerprint density at radius 3 is 2.42 bits per heavy atom. The molecular formula is C17H15F3N2O3S. The number of rotatable bonds is 3. The molecule has 138 valence electrons. The van der Waals surface area contributed by atoms with Crippen molar-refractivity contribution in [3.63, 3.8) is 0 Å². The molecule has 9 heteroatoms. The number of furan rings is 1. The molecule has 3 N–H and O–H groups in total. The summed E-state index contributed by atoms with van der Waals surface area (Å²) in [4.78, 5) is 12.9. The molecule has 1 aliphatic rings. The van der Waals surface area contributed by atoms with Crippen molar-refractivity contribution in [1.82, 2.24) is 10.6 Å². The van der Waals surface area contributed by atoms with Crippen LogP contribution in [0.3, 0.4) is 0 Å². The van der Waals surface area contributed by atoms with E-state index in [0.29, 0.717) is 5.76 Å². The summed E-state index contributed by atoms with van der Waals surface area (Å²) >= 11 is 4.83. The molecular weight excluding hydrogens is 369 g/mol. The van der Waals surface area contributed by atoms with Crippen molar-refractivity contribution in [1.29, 1.82) is 0 Å². The third-order valence-electron chi connectivity index (χ3n) is 4.21. The van der Waals surface area contributed by atoms with Gasteiger partial charge in [0, 0.05) is 5.56 Å². The highest BCUT2D eigenvalue weighted by Gasteiger charge is 2.66. The lowest BCUT2D eigenvalue weighted by Gasteiger charge is -2.45. The van der Waals surface area contributed by atoms with E-state index < -0.39 is 34.8 Å².